The maximum Gasteiger partial charge on any atom is 0.193 e. The highest BCUT2D eigenvalue weighted by Gasteiger charge is 2.30. The van der Waals surface area contributed by atoms with Crippen molar-refractivity contribution in [3.63, 3.8) is 0 Å². The second-order valence-electron chi connectivity index (χ2n) is 6.47. The van der Waals surface area contributed by atoms with Crippen molar-refractivity contribution in [1.82, 2.24) is 15.1 Å². The van der Waals surface area contributed by atoms with Crippen LogP contribution in [0, 0.1) is 13.8 Å². The van der Waals surface area contributed by atoms with Crippen LogP contribution in [0.4, 0.5) is 0 Å². The molecule has 1 unspecified atom stereocenters. The summed E-state index contributed by atoms with van der Waals surface area (Å²) in [5, 5.41) is 3.49. The molecule has 2 saturated heterocycles. The normalized spacial score (nSPS) is 22.5. The van der Waals surface area contributed by atoms with Gasteiger partial charge in [-0.1, -0.05) is 0 Å². The van der Waals surface area contributed by atoms with Crippen LogP contribution in [0.3, 0.4) is 0 Å². The number of guanidine groups is 1. The van der Waals surface area contributed by atoms with Crippen LogP contribution in [-0.4, -0.2) is 55.0 Å². The van der Waals surface area contributed by atoms with Crippen LogP contribution >= 0.6 is 24.0 Å². The molecule has 1 N–H and O–H groups in total. The summed E-state index contributed by atoms with van der Waals surface area (Å²) in [6, 6.07) is 2.81. The smallest absolute Gasteiger partial charge is 0.193 e. The molecule has 5 nitrogen and oxygen atoms in total. The van der Waals surface area contributed by atoms with Crippen molar-refractivity contribution in [3.05, 3.63) is 23.2 Å². The number of hydrogen-bond acceptors (Lipinski definition) is 3. The minimum absolute atomic E-state index is 0. The lowest BCUT2D eigenvalue weighted by Crippen LogP contribution is -2.42. The Kier molecular flexibility index (Phi) is 6.76. The summed E-state index contributed by atoms with van der Waals surface area (Å²) in [7, 11) is 1.87. The Hall–Kier alpha value is -0.760. The summed E-state index contributed by atoms with van der Waals surface area (Å²) in [5.74, 6) is 2.98. The predicted octanol–water partition coefficient (Wildman–Crippen LogP) is 2.76. The molecule has 1 aromatic rings. The minimum Gasteiger partial charge on any atom is -0.466 e. The third-order valence-corrected chi connectivity index (χ3v) is 4.91. The number of halogens is 1. The standard InChI is InChI=1S/C17H28N4O.HI/c1-13-10-15(14(2)22-13)11-19-17(18-3)21-9-6-16(12-21)20-7-4-5-8-20;/h10,16H,4-9,11-12H2,1-3H3,(H,18,19);1H. The largest absolute Gasteiger partial charge is 0.466 e. The summed E-state index contributed by atoms with van der Waals surface area (Å²) in [6.45, 7) is 9.54. The van der Waals surface area contributed by atoms with E-state index < -0.39 is 0 Å². The van der Waals surface area contributed by atoms with E-state index in [2.05, 4.69) is 26.2 Å². The molecule has 0 spiro atoms. The van der Waals surface area contributed by atoms with Gasteiger partial charge in [-0.2, -0.15) is 0 Å². The Morgan fingerprint density at radius 1 is 1.30 bits per heavy atom. The molecule has 0 radical (unpaired) electrons. The molecule has 1 atom stereocenters. The highest BCUT2D eigenvalue weighted by Crippen LogP contribution is 2.20. The Balaban J connectivity index is 0.00000192. The lowest BCUT2D eigenvalue weighted by Gasteiger charge is -2.25. The molecule has 2 aliphatic heterocycles. The van der Waals surface area contributed by atoms with Gasteiger partial charge in [-0.3, -0.25) is 9.89 Å². The Morgan fingerprint density at radius 3 is 2.65 bits per heavy atom. The van der Waals surface area contributed by atoms with E-state index in [0.717, 1.165) is 37.1 Å². The fraction of sp³-hybridized carbons (Fsp3) is 0.706. The van der Waals surface area contributed by atoms with Crippen molar-refractivity contribution in [2.24, 2.45) is 4.99 Å². The van der Waals surface area contributed by atoms with E-state index >= 15 is 0 Å². The number of hydrogen-bond donors (Lipinski definition) is 1. The number of nitrogens with zero attached hydrogens (tertiary/aromatic N) is 3. The molecule has 3 heterocycles. The van der Waals surface area contributed by atoms with Gasteiger partial charge in [-0.25, -0.2) is 0 Å². The van der Waals surface area contributed by atoms with Gasteiger partial charge >= 0.3 is 0 Å². The van der Waals surface area contributed by atoms with E-state index in [1.165, 1.54) is 37.9 Å². The van der Waals surface area contributed by atoms with Gasteiger partial charge in [0.25, 0.3) is 0 Å². The van der Waals surface area contributed by atoms with Crippen molar-refractivity contribution in [2.45, 2.75) is 45.7 Å². The number of furan rings is 1. The second-order valence-corrected chi connectivity index (χ2v) is 6.47. The highest BCUT2D eigenvalue weighted by atomic mass is 127. The molecule has 3 rings (SSSR count). The van der Waals surface area contributed by atoms with E-state index in [9.17, 15) is 0 Å². The van der Waals surface area contributed by atoms with E-state index in [4.69, 9.17) is 4.42 Å². The van der Waals surface area contributed by atoms with E-state index in [1.807, 2.05) is 20.9 Å². The molecule has 6 heteroatoms. The van der Waals surface area contributed by atoms with Gasteiger partial charge in [0, 0.05) is 38.3 Å². The third kappa shape index (κ3) is 4.41. The molecule has 1 aromatic heterocycles. The maximum atomic E-state index is 5.59. The summed E-state index contributed by atoms with van der Waals surface area (Å²) in [5.41, 5.74) is 1.22. The Morgan fingerprint density at radius 2 is 2.04 bits per heavy atom. The fourth-order valence-electron chi connectivity index (χ4n) is 3.70. The zero-order valence-corrected chi connectivity index (χ0v) is 16.8. The topological polar surface area (TPSA) is 44.0 Å². The van der Waals surface area contributed by atoms with Crippen LogP contribution in [0.25, 0.3) is 0 Å². The molecule has 23 heavy (non-hydrogen) atoms. The van der Waals surface area contributed by atoms with Gasteiger partial charge in [0.1, 0.15) is 11.5 Å². The van der Waals surface area contributed by atoms with Gasteiger partial charge in [0.05, 0.1) is 0 Å². The molecular weight excluding hydrogens is 403 g/mol. The molecular formula is C17H29IN4O. The summed E-state index contributed by atoms with van der Waals surface area (Å²) >= 11 is 0. The van der Waals surface area contributed by atoms with Gasteiger partial charge in [-0.15, -0.1) is 24.0 Å². The average molecular weight is 432 g/mol. The lowest BCUT2D eigenvalue weighted by atomic mass is 10.2. The van der Waals surface area contributed by atoms with Crippen molar-refractivity contribution in [2.75, 3.05) is 33.2 Å². The lowest BCUT2D eigenvalue weighted by molar-refractivity contribution is 0.249. The average Bonchev–Trinajstić information content (AvgIpc) is 3.21. The van der Waals surface area contributed by atoms with Crippen molar-refractivity contribution in [3.8, 4) is 0 Å². The van der Waals surface area contributed by atoms with E-state index in [-0.39, 0.29) is 24.0 Å². The molecule has 0 aromatic carbocycles. The minimum atomic E-state index is 0. The first-order valence-corrected chi connectivity index (χ1v) is 8.43. The molecule has 2 fully saturated rings. The van der Waals surface area contributed by atoms with Crippen LogP contribution in [0.2, 0.25) is 0 Å². The van der Waals surface area contributed by atoms with Gasteiger partial charge in [0.2, 0.25) is 0 Å². The third-order valence-electron chi connectivity index (χ3n) is 4.91. The number of aliphatic imine (C=N–C) groups is 1. The quantitative estimate of drug-likeness (QED) is 0.453. The zero-order valence-electron chi connectivity index (χ0n) is 14.5. The summed E-state index contributed by atoms with van der Waals surface area (Å²) in [6.07, 6.45) is 3.98. The Bertz CT molecular complexity index is 537. The number of likely N-dealkylation sites (tertiary alicyclic amines) is 2. The first-order valence-electron chi connectivity index (χ1n) is 8.43. The van der Waals surface area contributed by atoms with Crippen LogP contribution in [-0.2, 0) is 6.54 Å². The first kappa shape index (κ1) is 18.6. The number of rotatable bonds is 3. The molecule has 0 aliphatic carbocycles. The molecule has 0 saturated carbocycles. The monoisotopic (exact) mass is 432 g/mol. The van der Waals surface area contributed by atoms with Gasteiger partial charge in [0.15, 0.2) is 5.96 Å². The molecule has 2 aliphatic rings. The molecule has 0 bridgehead atoms. The molecule has 0 amide bonds. The SMILES string of the molecule is CN=C(NCc1cc(C)oc1C)N1CCC(N2CCCC2)C1.I. The summed E-state index contributed by atoms with van der Waals surface area (Å²) in [4.78, 5) is 9.51. The number of aryl methyl sites for hydroxylation is 2. The van der Waals surface area contributed by atoms with Crippen LogP contribution in [0.15, 0.2) is 15.5 Å². The first-order chi connectivity index (χ1) is 10.7. The van der Waals surface area contributed by atoms with Crippen LogP contribution < -0.4 is 5.32 Å². The van der Waals surface area contributed by atoms with Gasteiger partial charge < -0.3 is 14.6 Å². The van der Waals surface area contributed by atoms with Crippen molar-refractivity contribution in [1.29, 1.82) is 0 Å². The molecule has 130 valence electrons. The summed E-state index contributed by atoms with van der Waals surface area (Å²) < 4.78 is 5.59. The van der Waals surface area contributed by atoms with Gasteiger partial charge in [-0.05, 0) is 52.3 Å². The van der Waals surface area contributed by atoms with E-state index in [0.29, 0.717) is 6.04 Å². The van der Waals surface area contributed by atoms with Crippen molar-refractivity contribution >= 4 is 29.9 Å². The predicted molar refractivity (Wildman–Crippen MR) is 105 cm³/mol. The Labute approximate surface area is 156 Å². The highest BCUT2D eigenvalue weighted by molar-refractivity contribution is 14.0. The fourth-order valence-corrected chi connectivity index (χ4v) is 3.70. The second kappa shape index (κ2) is 8.37. The van der Waals surface area contributed by atoms with Crippen molar-refractivity contribution < 1.29 is 4.42 Å². The van der Waals surface area contributed by atoms with E-state index in [1.54, 1.807) is 0 Å². The number of nitrogens with one attached hydrogen (secondary N) is 1. The van der Waals surface area contributed by atoms with Crippen LogP contribution in [0.1, 0.15) is 36.3 Å². The maximum absolute atomic E-state index is 5.59. The van der Waals surface area contributed by atoms with Crippen LogP contribution in [0.5, 0.6) is 0 Å². The zero-order chi connectivity index (χ0) is 15.5.